The van der Waals surface area contributed by atoms with Gasteiger partial charge in [-0.1, -0.05) is 60.7 Å². The molecule has 3 nitrogen and oxygen atoms in total. The van der Waals surface area contributed by atoms with Crippen LogP contribution in [0, 0.1) is 5.92 Å². The average molecular weight is 392 g/mol. The van der Waals surface area contributed by atoms with Gasteiger partial charge in [0.2, 0.25) is 0 Å². The number of aromatic nitrogens is 1. The molecule has 0 aliphatic carbocycles. The van der Waals surface area contributed by atoms with E-state index in [0.717, 1.165) is 24.0 Å². The highest BCUT2D eigenvalue weighted by atomic mass is 32.1. The molecule has 0 radical (unpaired) electrons. The van der Waals surface area contributed by atoms with Gasteiger partial charge < -0.3 is 4.90 Å². The van der Waals surface area contributed by atoms with Crippen molar-refractivity contribution >= 4 is 11.3 Å². The molecule has 2 aromatic carbocycles. The van der Waals surface area contributed by atoms with Crippen molar-refractivity contribution in [2.75, 3.05) is 26.7 Å². The van der Waals surface area contributed by atoms with E-state index in [-0.39, 0.29) is 0 Å². The lowest BCUT2D eigenvalue weighted by Gasteiger charge is -2.33. The quantitative estimate of drug-likeness (QED) is 0.555. The summed E-state index contributed by atoms with van der Waals surface area (Å²) in [6.07, 6.45) is 2.57. The van der Waals surface area contributed by atoms with Crippen LogP contribution in [0.15, 0.2) is 66.0 Å². The Hall–Kier alpha value is -2.01. The lowest BCUT2D eigenvalue weighted by Crippen LogP contribution is -2.37. The Balaban J connectivity index is 1.23. The van der Waals surface area contributed by atoms with E-state index in [9.17, 15) is 0 Å². The molecule has 0 amide bonds. The van der Waals surface area contributed by atoms with Gasteiger partial charge in [-0.25, -0.2) is 4.98 Å². The van der Waals surface area contributed by atoms with Crippen LogP contribution >= 0.6 is 11.3 Å². The summed E-state index contributed by atoms with van der Waals surface area (Å²) in [7, 11) is 2.25. The zero-order chi connectivity index (χ0) is 19.2. The van der Waals surface area contributed by atoms with Crippen LogP contribution in [-0.2, 0) is 13.1 Å². The predicted molar refractivity (Wildman–Crippen MR) is 118 cm³/mol. The van der Waals surface area contributed by atoms with Crippen LogP contribution < -0.4 is 0 Å². The molecule has 146 valence electrons. The monoisotopic (exact) mass is 391 g/mol. The van der Waals surface area contributed by atoms with Gasteiger partial charge >= 0.3 is 0 Å². The van der Waals surface area contributed by atoms with Gasteiger partial charge in [-0.05, 0) is 44.5 Å². The van der Waals surface area contributed by atoms with Crippen LogP contribution in [0.3, 0.4) is 0 Å². The Morgan fingerprint density at radius 2 is 1.68 bits per heavy atom. The first-order valence-electron chi connectivity index (χ1n) is 10.2. The summed E-state index contributed by atoms with van der Waals surface area (Å²) in [5.74, 6) is 0.806. The number of likely N-dealkylation sites (tertiary alicyclic amines) is 1. The molecule has 28 heavy (non-hydrogen) atoms. The molecule has 0 saturated carbocycles. The summed E-state index contributed by atoms with van der Waals surface area (Å²) in [6.45, 7) is 5.58. The van der Waals surface area contributed by atoms with E-state index >= 15 is 0 Å². The molecule has 1 aliphatic rings. The minimum atomic E-state index is 0.806. The van der Waals surface area contributed by atoms with Crippen molar-refractivity contribution in [3.8, 4) is 10.6 Å². The van der Waals surface area contributed by atoms with Gasteiger partial charge in [-0.2, -0.15) is 0 Å². The van der Waals surface area contributed by atoms with E-state index in [2.05, 4.69) is 82.9 Å². The number of hydrogen-bond donors (Lipinski definition) is 0. The van der Waals surface area contributed by atoms with Gasteiger partial charge in [-0.15, -0.1) is 11.3 Å². The summed E-state index contributed by atoms with van der Waals surface area (Å²) in [4.78, 5) is 9.90. The van der Waals surface area contributed by atoms with Crippen molar-refractivity contribution < 1.29 is 0 Å². The molecule has 2 heterocycles. The molecule has 1 fully saturated rings. The number of thiazole rings is 1. The lowest BCUT2D eigenvalue weighted by atomic mass is 9.96. The highest BCUT2D eigenvalue weighted by Crippen LogP contribution is 2.25. The van der Waals surface area contributed by atoms with Crippen molar-refractivity contribution in [3.63, 3.8) is 0 Å². The number of piperidine rings is 1. The Morgan fingerprint density at radius 1 is 1.00 bits per heavy atom. The summed E-state index contributed by atoms with van der Waals surface area (Å²) in [5.41, 5.74) is 3.84. The molecule has 0 unspecified atom stereocenters. The minimum Gasteiger partial charge on any atom is -0.302 e. The van der Waals surface area contributed by atoms with Crippen LogP contribution in [0.4, 0.5) is 0 Å². The number of hydrogen-bond acceptors (Lipinski definition) is 4. The molecular weight excluding hydrogens is 362 g/mol. The molecule has 3 aromatic rings. The second-order valence-corrected chi connectivity index (χ2v) is 8.77. The first-order valence-corrected chi connectivity index (χ1v) is 11.1. The van der Waals surface area contributed by atoms with Gasteiger partial charge in [0.05, 0.1) is 5.69 Å². The molecular formula is C24H29N3S. The van der Waals surface area contributed by atoms with Crippen molar-refractivity contribution in [2.24, 2.45) is 5.92 Å². The third kappa shape index (κ3) is 5.28. The first kappa shape index (κ1) is 19.3. The highest BCUT2D eigenvalue weighted by Gasteiger charge is 2.21. The second-order valence-electron chi connectivity index (χ2n) is 7.91. The van der Waals surface area contributed by atoms with E-state index in [1.54, 1.807) is 11.3 Å². The summed E-state index contributed by atoms with van der Waals surface area (Å²) in [5, 5.41) is 3.36. The number of benzene rings is 2. The van der Waals surface area contributed by atoms with E-state index in [4.69, 9.17) is 4.98 Å². The maximum atomic E-state index is 4.86. The van der Waals surface area contributed by atoms with Gasteiger partial charge in [0.25, 0.3) is 0 Å². The molecule has 1 saturated heterocycles. The summed E-state index contributed by atoms with van der Waals surface area (Å²) < 4.78 is 0. The summed E-state index contributed by atoms with van der Waals surface area (Å²) >= 11 is 1.76. The highest BCUT2D eigenvalue weighted by molar-refractivity contribution is 7.13. The Morgan fingerprint density at radius 3 is 2.39 bits per heavy atom. The zero-order valence-corrected chi connectivity index (χ0v) is 17.4. The second kappa shape index (κ2) is 9.46. The van der Waals surface area contributed by atoms with Gasteiger partial charge in [0.1, 0.15) is 5.01 Å². The number of rotatable bonds is 7. The SMILES string of the molecule is CN(Cc1ccccc1)CC1CCN(Cc2csc(-c3ccccc3)n2)CC1. The van der Waals surface area contributed by atoms with Crippen molar-refractivity contribution in [1.82, 2.24) is 14.8 Å². The van der Waals surface area contributed by atoms with Crippen molar-refractivity contribution in [3.05, 3.63) is 77.3 Å². The third-order valence-electron chi connectivity index (χ3n) is 5.53. The van der Waals surface area contributed by atoms with Crippen LogP contribution in [0.1, 0.15) is 24.1 Å². The van der Waals surface area contributed by atoms with E-state index in [1.165, 1.54) is 49.3 Å². The maximum Gasteiger partial charge on any atom is 0.123 e. The van der Waals surface area contributed by atoms with Crippen LogP contribution in [0.25, 0.3) is 10.6 Å². The molecule has 0 bridgehead atoms. The van der Waals surface area contributed by atoms with Crippen molar-refractivity contribution in [1.29, 1.82) is 0 Å². The molecule has 1 aromatic heterocycles. The Bertz CT molecular complexity index is 839. The third-order valence-corrected chi connectivity index (χ3v) is 6.47. The fourth-order valence-corrected chi connectivity index (χ4v) is 4.87. The van der Waals surface area contributed by atoms with Gasteiger partial charge in [0, 0.05) is 30.6 Å². The van der Waals surface area contributed by atoms with Crippen LogP contribution in [-0.4, -0.2) is 41.5 Å². The summed E-state index contributed by atoms with van der Waals surface area (Å²) in [6, 6.07) is 21.3. The van der Waals surface area contributed by atoms with Gasteiger partial charge in [-0.3, -0.25) is 4.90 Å². The molecule has 1 aliphatic heterocycles. The molecule has 4 rings (SSSR count). The molecule has 0 atom stereocenters. The van der Waals surface area contributed by atoms with Gasteiger partial charge in [0.15, 0.2) is 0 Å². The Labute approximate surface area is 172 Å². The normalized spacial score (nSPS) is 15.9. The first-order chi connectivity index (χ1) is 13.8. The predicted octanol–water partition coefficient (Wildman–Crippen LogP) is 5.15. The van der Waals surface area contributed by atoms with E-state index < -0.39 is 0 Å². The fraction of sp³-hybridized carbons (Fsp3) is 0.375. The van der Waals surface area contributed by atoms with Crippen LogP contribution in [0.5, 0.6) is 0 Å². The average Bonchev–Trinajstić information content (AvgIpc) is 3.19. The standard InChI is InChI=1S/C24H29N3S/c1-26(16-20-8-4-2-5-9-20)17-21-12-14-27(15-13-21)18-23-19-28-24(25-23)22-10-6-3-7-11-22/h2-11,19,21H,12-18H2,1H3. The Kier molecular flexibility index (Phi) is 6.53. The molecule has 4 heteroatoms. The topological polar surface area (TPSA) is 19.4 Å². The molecule has 0 spiro atoms. The zero-order valence-electron chi connectivity index (χ0n) is 16.6. The van der Waals surface area contributed by atoms with E-state index in [0.29, 0.717) is 0 Å². The van der Waals surface area contributed by atoms with E-state index in [1.807, 2.05) is 0 Å². The molecule has 0 N–H and O–H groups in total. The largest absolute Gasteiger partial charge is 0.302 e. The van der Waals surface area contributed by atoms with Crippen LogP contribution in [0.2, 0.25) is 0 Å². The van der Waals surface area contributed by atoms with Crippen molar-refractivity contribution in [2.45, 2.75) is 25.9 Å². The number of nitrogens with zero attached hydrogens (tertiary/aromatic N) is 3. The minimum absolute atomic E-state index is 0.806. The lowest BCUT2D eigenvalue weighted by molar-refractivity contribution is 0.146. The maximum absolute atomic E-state index is 4.86. The fourth-order valence-electron chi connectivity index (χ4n) is 4.05. The smallest absolute Gasteiger partial charge is 0.123 e.